The first kappa shape index (κ1) is 12.4. The molecule has 0 fully saturated rings. The molecule has 0 atom stereocenters. The number of alkyl halides is 4. The Bertz CT molecular complexity index is 370. The summed E-state index contributed by atoms with van der Waals surface area (Å²) in [7, 11) is 0. The average Bonchev–Trinajstić information content (AvgIpc) is 2.10. The van der Waals surface area contributed by atoms with E-state index in [1.54, 1.807) is 0 Å². The van der Waals surface area contributed by atoms with E-state index in [1.807, 2.05) is 0 Å². The molecule has 15 heavy (non-hydrogen) atoms. The van der Waals surface area contributed by atoms with Gasteiger partial charge in [-0.25, -0.2) is 0 Å². The van der Waals surface area contributed by atoms with Crippen LogP contribution in [0.1, 0.15) is 5.56 Å². The van der Waals surface area contributed by atoms with Gasteiger partial charge in [0.2, 0.25) is 0 Å². The SMILES string of the molecule is Nc1ccc(Cl)c(CBr)c1OC(F)(F)F. The molecule has 2 nitrogen and oxygen atoms in total. The van der Waals surface area contributed by atoms with Crippen molar-refractivity contribution in [1.82, 2.24) is 0 Å². The lowest BCUT2D eigenvalue weighted by atomic mass is 10.2. The van der Waals surface area contributed by atoms with Crippen molar-refractivity contribution in [2.45, 2.75) is 11.7 Å². The zero-order valence-corrected chi connectivity index (χ0v) is 9.58. The number of hydrogen-bond donors (Lipinski definition) is 1. The summed E-state index contributed by atoms with van der Waals surface area (Å²) in [6.07, 6.45) is -4.78. The molecule has 1 aromatic rings. The molecule has 0 unspecified atom stereocenters. The minimum absolute atomic E-state index is 0.105. The van der Waals surface area contributed by atoms with Crippen LogP contribution in [0, 0.1) is 0 Å². The lowest BCUT2D eigenvalue weighted by Gasteiger charge is -2.15. The topological polar surface area (TPSA) is 35.2 Å². The van der Waals surface area contributed by atoms with Crippen LogP contribution < -0.4 is 10.5 Å². The Balaban J connectivity index is 3.20. The van der Waals surface area contributed by atoms with Gasteiger partial charge in [-0.15, -0.1) is 13.2 Å². The zero-order chi connectivity index (χ0) is 11.6. The van der Waals surface area contributed by atoms with E-state index in [-0.39, 0.29) is 21.6 Å². The van der Waals surface area contributed by atoms with Crippen molar-refractivity contribution in [1.29, 1.82) is 0 Å². The van der Waals surface area contributed by atoms with Gasteiger partial charge < -0.3 is 10.5 Å². The molecule has 0 aliphatic carbocycles. The highest BCUT2D eigenvalue weighted by molar-refractivity contribution is 9.08. The highest BCUT2D eigenvalue weighted by atomic mass is 79.9. The fourth-order valence-corrected chi connectivity index (χ4v) is 1.92. The number of hydrogen-bond acceptors (Lipinski definition) is 2. The van der Waals surface area contributed by atoms with Gasteiger partial charge in [0.15, 0.2) is 5.75 Å². The highest BCUT2D eigenvalue weighted by Gasteiger charge is 2.33. The maximum atomic E-state index is 12.0. The van der Waals surface area contributed by atoms with Crippen LogP contribution >= 0.6 is 27.5 Å². The minimum Gasteiger partial charge on any atom is -0.403 e. The third-order valence-corrected chi connectivity index (χ3v) is 2.50. The van der Waals surface area contributed by atoms with Gasteiger partial charge in [-0.1, -0.05) is 27.5 Å². The normalized spacial score (nSPS) is 11.5. The van der Waals surface area contributed by atoms with Crippen LogP contribution in [0.2, 0.25) is 5.02 Å². The van der Waals surface area contributed by atoms with Crippen molar-refractivity contribution in [2.75, 3.05) is 5.73 Å². The molecule has 0 radical (unpaired) electrons. The fourth-order valence-electron chi connectivity index (χ4n) is 0.983. The van der Waals surface area contributed by atoms with Crippen LogP contribution in [-0.2, 0) is 5.33 Å². The first-order chi connectivity index (χ1) is 6.85. The van der Waals surface area contributed by atoms with Gasteiger partial charge in [-0.3, -0.25) is 0 Å². The molecule has 0 aliphatic rings. The molecule has 7 heteroatoms. The van der Waals surface area contributed by atoms with E-state index < -0.39 is 12.1 Å². The zero-order valence-electron chi connectivity index (χ0n) is 7.24. The molecule has 1 rings (SSSR count). The van der Waals surface area contributed by atoms with Crippen molar-refractivity contribution in [2.24, 2.45) is 0 Å². The van der Waals surface area contributed by atoms with Gasteiger partial charge >= 0.3 is 6.36 Å². The summed E-state index contributed by atoms with van der Waals surface area (Å²) in [5, 5.41) is 0.294. The van der Waals surface area contributed by atoms with Crippen LogP contribution in [0.25, 0.3) is 0 Å². The molecule has 0 saturated carbocycles. The van der Waals surface area contributed by atoms with Gasteiger partial charge in [0.05, 0.1) is 5.69 Å². The first-order valence-corrected chi connectivity index (χ1v) is 5.23. The number of halogens is 5. The quantitative estimate of drug-likeness (QED) is 0.667. The van der Waals surface area contributed by atoms with Gasteiger partial charge in [0.1, 0.15) is 0 Å². The number of ether oxygens (including phenoxy) is 1. The van der Waals surface area contributed by atoms with E-state index in [0.717, 1.165) is 0 Å². The molecule has 84 valence electrons. The molecule has 0 amide bonds. The molecular weight excluding hydrogens is 298 g/mol. The van der Waals surface area contributed by atoms with Crippen molar-refractivity contribution in [3.05, 3.63) is 22.7 Å². The Morgan fingerprint density at radius 3 is 2.47 bits per heavy atom. The fraction of sp³-hybridized carbons (Fsp3) is 0.250. The number of anilines is 1. The summed E-state index contributed by atoms with van der Waals surface area (Å²) >= 11 is 8.71. The maximum absolute atomic E-state index is 12.0. The van der Waals surface area contributed by atoms with E-state index in [0.29, 0.717) is 0 Å². The molecular formula is C8H6BrClF3NO. The van der Waals surface area contributed by atoms with E-state index in [2.05, 4.69) is 20.7 Å². The molecule has 0 spiro atoms. The van der Waals surface area contributed by atoms with Crippen LogP contribution in [0.4, 0.5) is 18.9 Å². The molecule has 0 aromatic heterocycles. The smallest absolute Gasteiger partial charge is 0.403 e. The van der Waals surface area contributed by atoms with Crippen molar-refractivity contribution >= 4 is 33.2 Å². The Hall–Kier alpha value is -0.620. The van der Waals surface area contributed by atoms with Crippen molar-refractivity contribution < 1.29 is 17.9 Å². The second-order valence-corrected chi connectivity index (χ2v) is 3.59. The predicted molar refractivity (Wildman–Crippen MR) is 55.2 cm³/mol. The van der Waals surface area contributed by atoms with Gasteiger partial charge in [0.25, 0.3) is 0 Å². The minimum atomic E-state index is -4.78. The highest BCUT2D eigenvalue weighted by Crippen LogP contribution is 2.37. The van der Waals surface area contributed by atoms with E-state index in [9.17, 15) is 13.2 Å². The van der Waals surface area contributed by atoms with E-state index in [1.165, 1.54) is 12.1 Å². The standard InChI is InChI=1S/C8H6BrClF3NO/c9-3-4-5(10)1-2-6(14)7(4)15-8(11,12)13/h1-2H,3,14H2. The molecule has 2 N–H and O–H groups in total. The summed E-state index contributed by atoms with van der Waals surface area (Å²) in [5.41, 5.74) is 5.44. The Labute approximate surface area is 97.3 Å². The van der Waals surface area contributed by atoms with E-state index in [4.69, 9.17) is 17.3 Å². The van der Waals surface area contributed by atoms with Crippen LogP contribution in [-0.4, -0.2) is 6.36 Å². The Kier molecular flexibility index (Phi) is 3.72. The average molecular weight is 304 g/mol. The maximum Gasteiger partial charge on any atom is 0.573 e. The third-order valence-electron chi connectivity index (χ3n) is 1.59. The largest absolute Gasteiger partial charge is 0.573 e. The molecule has 0 bridgehead atoms. The third kappa shape index (κ3) is 3.17. The second kappa shape index (κ2) is 4.49. The summed E-state index contributed by atoms with van der Waals surface area (Å²) < 4.78 is 39.9. The number of rotatable bonds is 2. The molecule has 1 aromatic carbocycles. The van der Waals surface area contributed by atoms with Crippen LogP contribution in [0.5, 0.6) is 5.75 Å². The summed E-state index contributed by atoms with van der Waals surface area (Å²) in [6, 6.07) is 2.67. The van der Waals surface area contributed by atoms with Crippen molar-refractivity contribution in [3.63, 3.8) is 0 Å². The number of nitrogens with two attached hydrogens (primary N) is 1. The Morgan fingerprint density at radius 1 is 1.40 bits per heavy atom. The lowest BCUT2D eigenvalue weighted by molar-refractivity contribution is -0.274. The first-order valence-electron chi connectivity index (χ1n) is 3.73. The van der Waals surface area contributed by atoms with Gasteiger partial charge in [0, 0.05) is 15.9 Å². The summed E-state index contributed by atoms with van der Waals surface area (Å²) in [6.45, 7) is 0. The van der Waals surface area contributed by atoms with Gasteiger partial charge in [-0.2, -0.15) is 0 Å². The van der Waals surface area contributed by atoms with Crippen LogP contribution in [0.15, 0.2) is 12.1 Å². The summed E-state index contributed by atoms with van der Waals surface area (Å²) in [4.78, 5) is 0. The monoisotopic (exact) mass is 303 g/mol. The number of nitrogen functional groups attached to an aromatic ring is 1. The van der Waals surface area contributed by atoms with E-state index >= 15 is 0 Å². The second-order valence-electron chi connectivity index (χ2n) is 2.63. The summed E-state index contributed by atoms with van der Waals surface area (Å²) in [5.74, 6) is -0.452. The molecule has 0 aliphatic heterocycles. The molecule has 0 heterocycles. The Morgan fingerprint density at radius 2 is 2.00 bits per heavy atom. The number of benzene rings is 1. The lowest BCUT2D eigenvalue weighted by Crippen LogP contribution is -2.19. The molecule has 0 saturated heterocycles. The predicted octanol–water partition coefficient (Wildman–Crippen LogP) is 3.72. The van der Waals surface area contributed by atoms with Crippen LogP contribution in [0.3, 0.4) is 0 Å². The van der Waals surface area contributed by atoms with Gasteiger partial charge in [-0.05, 0) is 12.1 Å². The van der Waals surface area contributed by atoms with Crippen molar-refractivity contribution in [3.8, 4) is 5.75 Å².